The molecular weight excluding hydrogens is 213 g/mol. The molecule has 0 amide bonds. The molecule has 84 valence electrons. The molecule has 0 aliphatic carbocycles. The van der Waals surface area contributed by atoms with Crippen molar-refractivity contribution in [2.45, 2.75) is 13.5 Å². The van der Waals surface area contributed by atoms with Gasteiger partial charge in [-0.3, -0.25) is 0 Å². The zero-order valence-corrected chi connectivity index (χ0v) is 9.65. The largest absolute Gasteiger partial charge is 0.489 e. The van der Waals surface area contributed by atoms with Crippen LogP contribution in [0.2, 0.25) is 0 Å². The van der Waals surface area contributed by atoms with Gasteiger partial charge in [0.15, 0.2) is 11.6 Å². The summed E-state index contributed by atoms with van der Waals surface area (Å²) in [7, 11) is 0. The van der Waals surface area contributed by atoms with Crippen molar-refractivity contribution in [3.63, 3.8) is 0 Å². The first kappa shape index (κ1) is 12.3. The topological polar surface area (TPSA) is 35.2 Å². The summed E-state index contributed by atoms with van der Waals surface area (Å²) in [6.45, 7) is 2.90. The van der Waals surface area contributed by atoms with Crippen molar-refractivity contribution in [1.82, 2.24) is 0 Å². The summed E-state index contributed by atoms with van der Waals surface area (Å²) in [5, 5.41) is 0. The maximum absolute atomic E-state index is 13.4. The number of ether oxygens (including phenoxy) is 1. The van der Waals surface area contributed by atoms with Gasteiger partial charge in [0, 0.05) is 17.9 Å². The van der Waals surface area contributed by atoms with Crippen molar-refractivity contribution < 1.29 is 9.13 Å². The predicted molar refractivity (Wildman–Crippen MR) is 62.8 cm³/mol. The van der Waals surface area contributed by atoms with E-state index in [4.69, 9.17) is 10.5 Å². The SMILES string of the molecule is CCSCCOc1c(F)cccc1CN. The molecule has 0 heterocycles. The first-order valence-corrected chi connectivity index (χ1v) is 6.13. The van der Waals surface area contributed by atoms with Crippen LogP contribution in [0, 0.1) is 5.82 Å². The smallest absolute Gasteiger partial charge is 0.165 e. The molecule has 0 unspecified atom stereocenters. The van der Waals surface area contributed by atoms with Gasteiger partial charge in [0.2, 0.25) is 0 Å². The summed E-state index contributed by atoms with van der Waals surface area (Å²) in [6, 6.07) is 4.82. The van der Waals surface area contributed by atoms with E-state index >= 15 is 0 Å². The molecule has 1 aromatic carbocycles. The molecule has 0 radical (unpaired) electrons. The molecular formula is C11H16FNOS. The van der Waals surface area contributed by atoms with Crippen molar-refractivity contribution in [2.24, 2.45) is 5.73 Å². The molecule has 0 aliphatic rings. The molecule has 1 aromatic rings. The van der Waals surface area contributed by atoms with Gasteiger partial charge in [0.25, 0.3) is 0 Å². The van der Waals surface area contributed by atoms with Gasteiger partial charge < -0.3 is 10.5 Å². The molecule has 0 aromatic heterocycles. The number of benzene rings is 1. The third kappa shape index (κ3) is 3.72. The van der Waals surface area contributed by atoms with E-state index in [0.717, 1.165) is 17.1 Å². The minimum atomic E-state index is -0.334. The Kier molecular flexibility index (Phi) is 5.50. The van der Waals surface area contributed by atoms with Gasteiger partial charge in [-0.25, -0.2) is 4.39 Å². The number of rotatable bonds is 6. The summed E-state index contributed by atoms with van der Waals surface area (Å²) in [6.07, 6.45) is 0. The summed E-state index contributed by atoms with van der Waals surface area (Å²) >= 11 is 1.77. The summed E-state index contributed by atoms with van der Waals surface area (Å²) in [4.78, 5) is 0. The zero-order chi connectivity index (χ0) is 11.1. The third-order valence-corrected chi connectivity index (χ3v) is 2.81. The highest BCUT2D eigenvalue weighted by atomic mass is 32.2. The van der Waals surface area contributed by atoms with Crippen LogP contribution in [-0.2, 0) is 6.54 Å². The Bertz CT molecular complexity index is 307. The van der Waals surface area contributed by atoms with Crippen LogP contribution in [0.1, 0.15) is 12.5 Å². The van der Waals surface area contributed by atoms with Gasteiger partial charge in [-0.2, -0.15) is 11.8 Å². The summed E-state index contributed by atoms with van der Waals surface area (Å²) in [5.41, 5.74) is 6.22. The van der Waals surface area contributed by atoms with Crippen molar-refractivity contribution in [1.29, 1.82) is 0 Å². The Morgan fingerprint density at radius 3 is 2.93 bits per heavy atom. The van der Waals surface area contributed by atoms with Gasteiger partial charge in [0.05, 0.1) is 6.61 Å². The third-order valence-electron chi connectivity index (χ3n) is 1.95. The number of hydrogen-bond donors (Lipinski definition) is 1. The molecule has 1 rings (SSSR count). The predicted octanol–water partition coefficient (Wildman–Crippen LogP) is 2.42. The summed E-state index contributed by atoms with van der Waals surface area (Å²) < 4.78 is 18.7. The van der Waals surface area contributed by atoms with Crippen LogP contribution >= 0.6 is 11.8 Å². The Hall–Kier alpha value is -0.740. The minimum Gasteiger partial charge on any atom is -0.489 e. The first-order chi connectivity index (χ1) is 7.29. The molecule has 0 saturated carbocycles. The second-order valence-corrected chi connectivity index (χ2v) is 4.37. The second kappa shape index (κ2) is 6.69. The van der Waals surface area contributed by atoms with Crippen molar-refractivity contribution in [3.8, 4) is 5.75 Å². The van der Waals surface area contributed by atoms with Crippen LogP contribution in [0.15, 0.2) is 18.2 Å². The van der Waals surface area contributed by atoms with Crippen LogP contribution < -0.4 is 10.5 Å². The molecule has 0 spiro atoms. The standard InChI is InChI=1S/C11H16FNOS/c1-2-15-7-6-14-11-9(8-13)4-3-5-10(11)12/h3-5H,2,6-8,13H2,1H3. The fourth-order valence-corrected chi connectivity index (χ4v) is 1.71. The first-order valence-electron chi connectivity index (χ1n) is 4.97. The highest BCUT2D eigenvalue weighted by molar-refractivity contribution is 7.99. The van der Waals surface area contributed by atoms with Gasteiger partial charge in [-0.1, -0.05) is 19.1 Å². The average Bonchev–Trinajstić information content (AvgIpc) is 2.26. The van der Waals surface area contributed by atoms with E-state index in [1.165, 1.54) is 6.07 Å². The molecule has 0 fully saturated rings. The number of thioether (sulfide) groups is 1. The van der Waals surface area contributed by atoms with Gasteiger partial charge >= 0.3 is 0 Å². The number of para-hydroxylation sites is 1. The van der Waals surface area contributed by atoms with E-state index < -0.39 is 0 Å². The molecule has 0 bridgehead atoms. The van der Waals surface area contributed by atoms with Crippen molar-refractivity contribution in [3.05, 3.63) is 29.6 Å². The highest BCUT2D eigenvalue weighted by Crippen LogP contribution is 2.22. The monoisotopic (exact) mass is 229 g/mol. The zero-order valence-electron chi connectivity index (χ0n) is 8.83. The van der Waals surface area contributed by atoms with Crippen molar-refractivity contribution >= 4 is 11.8 Å². The van der Waals surface area contributed by atoms with Crippen LogP contribution in [0.5, 0.6) is 5.75 Å². The average molecular weight is 229 g/mol. The molecule has 0 aliphatic heterocycles. The number of hydrogen-bond acceptors (Lipinski definition) is 3. The quantitative estimate of drug-likeness (QED) is 0.761. The van der Waals surface area contributed by atoms with Crippen LogP contribution in [-0.4, -0.2) is 18.1 Å². The van der Waals surface area contributed by atoms with Crippen LogP contribution in [0.4, 0.5) is 4.39 Å². The fourth-order valence-electron chi connectivity index (χ4n) is 1.22. The van der Waals surface area contributed by atoms with E-state index in [9.17, 15) is 4.39 Å². The molecule has 2 N–H and O–H groups in total. The normalized spacial score (nSPS) is 10.3. The molecule has 0 saturated heterocycles. The number of halogens is 1. The van der Waals surface area contributed by atoms with Crippen LogP contribution in [0.25, 0.3) is 0 Å². The Labute approximate surface area is 94.0 Å². The lowest BCUT2D eigenvalue weighted by atomic mass is 10.2. The lowest BCUT2D eigenvalue weighted by Gasteiger charge is -2.10. The minimum absolute atomic E-state index is 0.300. The van der Waals surface area contributed by atoms with E-state index in [2.05, 4.69) is 6.92 Å². The fraction of sp³-hybridized carbons (Fsp3) is 0.455. The van der Waals surface area contributed by atoms with E-state index in [0.29, 0.717) is 18.9 Å². The maximum atomic E-state index is 13.4. The molecule has 0 atom stereocenters. The highest BCUT2D eigenvalue weighted by Gasteiger charge is 2.07. The van der Waals surface area contributed by atoms with Gasteiger partial charge in [0.1, 0.15) is 0 Å². The van der Waals surface area contributed by atoms with E-state index in [1.807, 2.05) is 0 Å². The Balaban J connectivity index is 2.58. The molecule has 4 heteroatoms. The van der Waals surface area contributed by atoms with E-state index in [1.54, 1.807) is 23.9 Å². The second-order valence-electron chi connectivity index (χ2n) is 2.98. The molecule has 15 heavy (non-hydrogen) atoms. The van der Waals surface area contributed by atoms with Crippen LogP contribution in [0.3, 0.4) is 0 Å². The summed E-state index contributed by atoms with van der Waals surface area (Å²) in [5.74, 6) is 1.88. The Morgan fingerprint density at radius 1 is 1.47 bits per heavy atom. The van der Waals surface area contributed by atoms with Gasteiger partial charge in [-0.05, 0) is 11.8 Å². The van der Waals surface area contributed by atoms with Crippen molar-refractivity contribution in [2.75, 3.05) is 18.1 Å². The Morgan fingerprint density at radius 2 is 2.27 bits per heavy atom. The maximum Gasteiger partial charge on any atom is 0.165 e. The molecule has 2 nitrogen and oxygen atoms in total. The number of nitrogens with two attached hydrogens (primary N) is 1. The van der Waals surface area contributed by atoms with Gasteiger partial charge in [-0.15, -0.1) is 0 Å². The lowest BCUT2D eigenvalue weighted by molar-refractivity contribution is 0.321. The lowest BCUT2D eigenvalue weighted by Crippen LogP contribution is -2.07. The van der Waals surface area contributed by atoms with E-state index in [-0.39, 0.29) is 5.82 Å².